The molecule has 1 rings (SSSR count). The van der Waals surface area contributed by atoms with Gasteiger partial charge in [0.2, 0.25) is 0 Å². The quantitative estimate of drug-likeness (QED) is 0.730. The summed E-state index contributed by atoms with van der Waals surface area (Å²) in [4.78, 5) is 0. The van der Waals surface area contributed by atoms with Crippen LogP contribution in [0.4, 0.5) is 8.78 Å². The number of alkyl halides is 2. The van der Waals surface area contributed by atoms with Gasteiger partial charge >= 0.3 is 6.61 Å². The molecule has 0 saturated carbocycles. The average molecular weight is 301 g/mol. The first kappa shape index (κ1) is 17.9. The monoisotopic (exact) mass is 301 g/mol. The number of halogens is 2. The van der Waals surface area contributed by atoms with Crippen LogP contribution >= 0.6 is 0 Å². The van der Waals surface area contributed by atoms with Gasteiger partial charge in [0.1, 0.15) is 5.75 Å². The van der Waals surface area contributed by atoms with E-state index in [0.29, 0.717) is 6.54 Å². The molecule has 2 atom stereocenters. The molecule has 5 heteroatoms. The first-order valence-corrected chi connectivity index (χ1v) is 7.44. The van der Waals surface area contributed by atoms with Crippen molar-refractivity contribution in [1.82, 2.24) is 5.32 Å². The molecule has 0 bridgehead atoms. The molecule has 0 spiro atoms. The predicted molar refractivity (Wildman–Crippen MR) is 79.6 cm³/mol. The molecule has 0 amide bonds. The first-order valence-electron chi connectivity index (χ1n) is 7.44. The third-order valence-electron chi connectivity index (χ3n) is 3.81. The molecule has 0 aromatic heterocycles. The lowest BCUT2D eigenvalue weighted by atomic mass is 9.96. The van der Waals surface area contributed by atoms with Gasteiger partial charge in [-0.3, -0.25) is 0 Å². The molecular formula is C16H25F2NO2. The summed E-state index contributed by atoms with van der Waals surface area (Å²) in [6.07, 6.45) is 1.47. The maximum atomic E-state index is 12.2. The Labute approximate surface area is 125 Å². The van der Waals surface area contributed by atoms with Gasteiger partial charge in [-0.15, -0.1) is 0 Å². The van der Waals surface area contributed by atoms with Gasteiger partial charge in [-0.25, -0.2) is 0 Å². The molecule has 0 aliphatic carbocycles. The normalized spacial score (nSPS) is 14.5. The van der Waals surface area contributed by atoms with Crippen LogP contribution in [0.15, 0.2) is 24.3 Å². The number of rotatable bonds is 9. The standard InChI is InChI=1S/C16H25F2NO2/c1-4-12(5-2)15(20)10-19-11(3)13-7-6-8-14(9-13)21-16(17)18/h6-9,11-12,15-16,19-20H,4-5,10H2,1-3H3. The van der Waals surface area contributed by atoms with E-state index < -0.39 is 12.7 Å². The van der Waals surface area contributed by atoms with E-state index in [1.165, 1.54) is 6.07 Å². The predicted octanol–water partition coefficient (Wildman–Crippen LogP) is 3.74. The summed E-state index contributed by atoms with van der Waals surface area (Å²) in [5, 5.41) is 13.3. The van der Waals surface area contributed by atoms with Gasteiger partial charge in [-0.05, 0) is 30.5 Å². The summed E-state index contributed by atoms with van der Waals surface area (Å²) in [6, 6.07) is 6.58. The lowest BCUT2D eigenvalue weighted by Gasteiger charge is -2.23. The van der Waals surface area contributed by atoms with Gasteiger partial charge < -0.3 is 15.2 Å². The molecule has 0 heterocycles. The molecule has 2 N–H and O–H groups in total. The van der Waals surface area contributed by atoms with Gasteiger partial charge in [0.15, 0.2) is 0 Å². The second-order valence-corrected chi connectivity index (χ2v) is 5.22. The van der Waals surface area contributed by atoms with Gasteiger partial charge in [0.25, 0.3) is 0 Å². The van der Waals surface area contributed by atoms with E-state index in [1.54, 1.807) is 12.1 Å². The highest BCUT2D eigenvalue weighted by Gasteiger charge is 2.16. The van der Waals surface area contributed by atoms with Crippen LogP contribution < -0.4 is 10.1 Å². The fourth-order valence-corrected chi connectivity index (χ4v) is 2.37. The van der Waals surface area contributed by atoms with E-state index in [-0.39, 0.29) is 17.7 Å². The second kappa shape index (κ2) is 8.95. The summed E-state index contributed by atoms with van der Waals surface area (Å²) < 4.78 is 28.8. The number of hydrogen-bond donors (Lipinski definition) is 2. The Hall–Kier alpha value is -1.20. The van der Waals surface area contributed by atoms with E-state index in [9.17, 15) is 13.9 Å². The van der Waals surface area contributed by atoms with Crippen molar-refractivity contribution < 1.29 is 18.6 Å². The molecule has 2 unspecified atom stereocenters. The van der Waals surface area contributed by atoms with Gasteiger partial charge in [0.05, 0.1) is 6.10 Å². The van der Waals surface area contributed by atoms with Crippen molar-refractivity contribution in [3.63, 3.8) is 0 Å². The van der Waals surface area contributed by atoms with Crippen LogP contribution in [0.5, 0.6) is 5.75 Å². The van der Waals surface area contributed by atoms with E-state index in [0.717, 1.165) is 18.4 Å². The number of hydrogen-bond acceptors (Lipinski definition) is 3. The number of ether oxygens (including phenoxy) is 1. The Morgan fingerprint density at radius 1 is 1.24 bits per heavy atom. The maximum absolute atomic E-state index is 12.2. The zero-order valence-electron chi connectivity index (χ0n) is 12.9. The summed E-state index contributed by atoms with van der Waals surface area (Å²) in [5.41, 5.74) is 0.852. The Bertz CT molecular complexity index is 411. The number of benzene rings is 1. The highest BCUT2D eigenvalue weighted by atomic mass is 19.3. The molecule has 1 aromatic carbocycles. The minimum Gasteiger partial charge on any atom is -0.435 e. The maximum Gasteiger partial charge on any atom is 0.387 e. The highest BCUT2D eigenvalue weighted by Crippen LogP contribution is 2.21. The van der Waals surface area contributed by atoms with E-state index >= 15 is 0 Å². The summed E-state index contributed by atoms with van der Waals surface area (Å²) in [5.74, 6) is 0.426. The SMILES string of the molecule is CCC(CC)C(O)CNC(C)c1cccc(OC(F)F)c1. The van der Waals surface area contributed by atoms with Crippen LogP contribution in [-0.2, 0) is 0 Å². The number of nitrogens with one attached hydrogen (secondary N) is 1. The van der Waals surface area contributed by atoms with E-state index in [4.69, 9.17) is 0 Å². The molecule has 1 aromatic rings. The molecule has 0 radical (unpaired) electrons. The zero-order chi connectivity index (χ0) is 15.8. The molecule has 3 nitrogen and oxygen atoms in total. The van der Waals surface area contributed by atoms with Crippen LogP contribution in [0.25, 0.3) is 0 Å². The third kappa shape index (κ3) is 5.98. The molecule has 0 aliphatic rings. The second-order valence-electron chi connectivity index (χ2n) is 5.22. The van der Waals surface area contributed by atoms with Gasteiger partial charge in [-0.2, -0.15) is 8.78 Å². The van der Waals surface area contributed by atoms with Crippen LogP contribution in [0, 0.1) is 5.92 Å². The number of aliphatic hydroxyl groups is 1. The average Bonchev–Trinajstić information content (AvgIpc) is 2.45. The smallest absolute Gasteiger partial charge is 0.387 e. The fourth-order valence-electron chi connectivity index (χ4n) is 2.37. The lowest BCUT2D eigenvalue weighted by Crippen LogP contribution is -2.33. The summed E-state index contributed by atoms with van der Waals surface area (Å²) in [7, 11) is 0. The Morgan fingerprint density at radius 3 is 2.48 bits per heavy atom. The van der Waals surface area contributed by atoms with Crippen LogP contribution in [0.1, 0.15) is 45.2 Å². The highest BCUT2D eigenvalue weighted by molar-refractivity contribution is 5.30. The zero-order valence-corrected chi connectivity index (χ0v) is 12.9. The van der Waals surface area contributed by atoms with Crippen molar-refractivity contribution in [2.24, 2.45) is 5.92 Å². The third-order valence-corrected chi connectivity index (χ3v) is 3.81. The first-order chi connectivity index (χ1) is 9.97. The van der Waals surface area contributed by atoms with Crippen molar-refractivity contribution in [2.75, 3.05) is 6.54 Å². The topological polar surface area (TPSA) is 41.5 Å². The molecular weight excluding hydrogens is 276 g/mol. The van der Waals surface area contributed by atoms with Crippen LogP contribution in [0.2, 0.25) is 0 Å². The Kier molecular flexibility index (Phi) is 7.61. The molecule has 0 fully saturated rings. The van der Waals surface area contributed by atoms with Gasteiger partial charge in [0, 0.05) is 12.6 Å². The molecule has 0 saturated heterocycles. The molecule has 0 aliphatic heterocycles. The lowest BCUT2D eigenvalue weighted by molar-refractivity contribution is -0.0499. The van der Waals surface area contributed by atoms with Crippen LogP contribution in [0.3, 0.4) is 0 Å². The van der Waals surface area contributed by atoms with Crippen molar-refractivity contribution in [3.8, 4) is 5.75 Å². The molecule has 120 valence electrons. The van der Waals surface area contributed by atoms with E-state index in [1.807, 2.05) is 13.0 Å². The minimum absolute atomic E-state index is 0.0461. The summed E-state index contributed by atoms with van der Waals surface area (Å²) >= 11 is 0. The van der Waals surface area contributed by atoms with Crippen molar-refractivity contribution in [1.29, 1.82) is 0 Å². The summed E-state index contributed by atoms with van der Waals surface area (Å²) in [6.45, 7) is 3.71. The van der Waals surface area contributed by atoms with Crippen molar-refractivity contribution in [2.45, 2.75) is 52.4 Å². The van der Waals surface area contributed by atoms with Crippen LogP contribution in [-0.4, -0.2) is 24.4 Å². The van der Waals surface area contributed by atoms with Crippen molar-refractivity contribution >= 4 is 0 Å². The minimum atomic E-state index is -2.82. The Morgan fingerprint density at radius 2 is 1.90 bits per heavy atom. The largest absolute Gasteiger partial charge is 0.435 e. The number of aliphatic hydroxyl groups excluding tert-OH is 1. The van der Waals surface area contributed by atoms with E-state index in [2.05, 4.69) is 23.9 Å². The fraction of sp³-hybridized carbons (Fsp3) is 0.625. The van der Waals surface area contributed by atoms with Crippen molar-refractivity contribution in [3.05, 3.63) is 29.8 Å². The Balaban J connectivity index is 2.57. The molecule has 21 heavy (non-hydrogen) atoms. The van der Waals surface area contributed by atoms with Gasteiger partial charge in [-0.1, -0.05) is 38.8 Å².